The van der Waals surface area contributed by atoms with Crippen molar-refractivity contribution >= 4 is 40.4 Å². The smallest absolute Gasteiger partial charge is 0.266 e. The topological polar surface area (TPSA) is 53.2 Å². The van der Waals surface area contributed by atoms with Gasteiger partial charge in [0.2, 0.25) is 0 Å². The van der Waals surface area contributed by atoms with E-state index in [1.807, 2.05) is 30.3 Å². The molecule has 4 rings (SSSR count). The van der Waals surface area contributed by atoms with Gasteiger partial charge in [0.25, 0.3) is 11.8 Å². The van der Waals surface area contributed by atoms with E-state index in [0.717, 1.165) is 5.56 Å². The molecule has 0 spiro atoms. The number of benzene rings is 2. The molecule has 4 nitrogen and oxygen atoms in total. The van der Waals surface area contributed by atoms with E-state index in [2.05, 4.69) is 4.98 Å². The van der Waals surface area contributed by atoms with Crippen LogP contribution in [-0.2, 0) is 0 Å². The van der Waals surface area contributed by atoms with Gasteiger partial charge in [-0.1, -0.05) is 53.8 Å². The van der Waals surface area contributed by atoms with Crippen molar-refractivity contribution in [1.82, 2.24) is 4.98 Å². The molecule has 112 valence electrons. The van der Waals surface area contributed by atoms with E-state index in [-0.39, 0.29) is 11.8 Å². The van der Waals surface area contributed by atoms with Crippen molar-refractivity contribution in [2.45, 2.75) is 0 Å². The number of rotatable bonds is 2. The lowest BCUT2D eigenvalue weighted by atomic mass is 10.1. The minimum absolute atomic E-state index is 0.312. The molecule has 0 aliphatic carbocycles. The molecular formula is C17H10N2O2S2. The Labute approximate surface area is 141 Å². The monoisotopic (exact) mass is 338 g/mol. The summed E-state index contributed by atoms with van der Waals surface area (Å²) in [6.45, 7) is 0. The van der Waals surface area contributed by atoms with Gasteiger partial charge in [-0.3, -0.25) is 9.59 Å². The zero-order valence-corrected chi connectivity index (χ0v) is 13.4. The maximum Gasteiger partial charge on any atom is 0.266 e. The van der Waals surface area contributed by atoms with Crippen LogP contribution in [0, 0.1) is 3.95 Å². The predicted octanol–water partition coefficient (Wildman–Crippen LogP) is 4.27. The van der Waals surface area contributed by atoms with Gasteiger partial charge in [-0.25, -0.2) is 4.90 Å². The summed E-state index contributed by atoms with van der Waals surface area (Å²) < 4.78 is 0.524. The number of nitrogens with zero attached hydrogens (tertiary/aromatic N) is 1. The molecule has 2 heterocycles. The highest BCUT2D eigenvalue weighted by Gasteiger charge is 2.38. The minimum Gasteiger partial charge on any atom is -0.335 e. The summed E-state index contributed by atoms with van der Waals surface area (Å²) in [5.74, 6) is -0.624. The predicted molar refractivity (Wildman–Crippen MR) is 92.5 cm³/mol. The largest absolute Gasteiger partial charge is 0.335 e. The second kappa shape index (κ2) is 5.26. The van der Waals surface area contributed by atoms with Gasteiger partial charge in [-0.2, -0.15) is 0 Å². The van der Waals surface area contributed by atoms with E-state index in [1.54, 1.807) is 24.3 Å². The van der Waals surface area contributed by atoms with E-state index in [1.165, 1.54) is 16.2 Å². The lowest BCUT2D eigenvalue weighted by Crippen LogP contribution is -2.29. The number of imide groups is 1. The van der Waals surface area contributed by atoms with Gasteiger partial charge in [0.05, 0.1) is 16.8 Å². The lowest BCUT2D eigenvalue weighted by Gasteiger charge is -2.13. The van der Waals surface area contributed by atoms with Gasteiger partial charge in [0, 0.05) is 5.56 Å². The lowest BCUT2D eigenvalue weighted by molar-refractivity contribution is 0.0927. The summed E-state index contributed by atoms with van der Waals surface area (Å²) in [6, 6.07) is 16.4. The Bertz CT molecular complexity index is 954. The fraction of sp³-hybridized carbons (Fsp3) is 0. The quantitative estimate of drug-likeness (QED) is 0.561. The van der Waals surface area contributed by atoms with Gasteiger partial charge >= 0.3 is 0 Å². The minimum atomic E-state index is -0.312. The van der Waals surface area contributed by atoms with Crippen molar-refractivity contribution in [2.75, 3.05) is 4.90 Å². The van der Waals surface area contributed by atoms with Crippen molar-refractivity contribution in [3.05, 3.63) is 69.7 Å². The highest BCUT2D eigenvalue weighted by molar-refractivity contribution is 7.73. The Kier molecular flexibility index (Phi) is 3.21. The van der Waals surface area contributed by atoms with Gasteiger partial charge in [0.1, 0.15) is 5.00 Å². The third-order valence-electron chi connectivity index (χ3n) is 3.69. The van der Waals surface area contributed by atoms with Crippen LogP contribution in [0.3, 0.4) is 0 Å². The third-order valence-corrected chi connectivity index (χ3v) is 4.91. The van der Waals surface area contributed by atoms with Crippen LogP contribution in [0.5, 0.6) is 0 Å². The van der Waals surface area contributed by atoms with Crippen molar-refractivity contribution in [3.63, 3.8) is 0 Å². The molecule has 6 heteroatoms. The summed E-state index contributed by atoms with van der Waals surface area (Å²) in [6.07, 6.45) is 0. The Balaban J connectivity index is 1.89. The SMILES string of the molecule is O=C1c2ccccc2C(=O)N1c1sc(=S)[nH]c1-c1ccccc1. The van der Waals surface area contributed by atoms with Crippen molar-refractivity contribution in [3.8, 4) is 11.3 Å². The molecule has 0 saturated heterocycles. The van der Waals surface area contributed by atoms with Crippen LogP contribution in [0.15, 0.2) is 54.6 Å². The van der Waals surface area contributed by atoms with Gasteiger partial charge in [0.15, 0.2) is 3.95 Å². The zero-order chi connectivity index (χ0) is 16.0. The molecule has 3 aromatic rings. The standard InChI is InChI=1S/C17H10N2O2S2/c20-14-11-8-4-5-9-12(11)15(21)19(14)16-13(18-17(22)23-16)10-6-2-1-3-7-10/h1-9H,(H,18,22). The molecule has 0 radical (unpaired) electrons. The maximum absolute atomic E-state index is 12.7. The van der Waals surface area contributed by atoms with Crippen LogP contribution in [0.2, 0.25) is 0 Å². The molecule has 2 aromatic carbocycles. The first-order valence-electron chi connectivity index (χ1n) is 6.93. The van der Waals surface area contributed by atoms with Crippen LogP contribution in [0.25, 0.3) is 11.3 Å². The first-order valence-corrected chi connectivity index (χ1v) is 8.15. The first-order chi connectivity index (χ1) is 11.2. The van der Waals surface area contributed by atoms with E-state index in [0.29, 0.717) is 25.8 Å². The number of aromatic amines is 1. The number of amides is 2. The number of carbonyl (C=O) groups is 2. The Morgan fingerprint density at radius 2 is 1.43 bits per heavy atom. The number of nitrogens with one attached hydrogen (secondary N) is 1. The third kappa shape index (κ3) is 2.15. The molecule has 2 amide bonds. The number of thiazole rings is 1. The van der Waals surface area contributed by atoms with Crippen LogP contribution in [-0.4, -0.2) is 16.8 Å². The molecule has 1 aliphatic heterocycles. The fourth-order valence-electron chi connectivity index (χ4n) is 2.65. The van der Waals surface area contributed by atoms with E-state index < -0.39 is 0 Å². The first kappa shape index (κ1) is 14.0. The molecule has 1 aliphatic rings. The number of hydrogen-bond acceptors (Lipinski definition) is 4. The summed E-state index contributed by atoms with van der Waals surface area (Å²) in [7, 11) is 0. The Morgan fingerprint density at radius 3 is 2.04 bits per heavy atom. The normalized spacial score (nSPS) is 13.5. The second-order valence-corrected chi connectivity index (χ2v) is 6.72. The Morgan fingerprint density at radius 1 is 0.870 bits per heavy atom. The maximum atomic E-state index is 12.7. The van der Waals surface area contributed by atoms with Crippen molar-refractivity contribution in [1.29, 1.82) is 0 Å². The number of carbonyl (C=O) groups excluding carboxylic acids is 2. The number of fused-ring (bicyclic) bond motifs is 1. The van der Waals surface area contributed by atoms with Crippen molar-refractivity contribution in [2.24, 2.45) is 0 Å². The van der Waals surface area contributed by atoms with Crippen LogP contribution in [0.1, 0.15) is 20.7 Å². The molecule has 1 aromatic heterocycles. The highest BCUT2D eigenvalue weighted by atomic mass is 32.1. The number of anilines is 1. The van der Waals surface area contributed by atoms with E-state index >= 15 is 0 Å². The summed E-state index contributed by atoms with van der Waals surface area (Å²) in [4.78, 5) is 29.6. The zero-order valence-electron chi connectivity index (χ0n) is 11.8. The number of hydrogen-bond donors (Lipinski definition) is 1. The molecule has 0 fully saturated rings. The highest BCUT2D eigenvalue weighted by Crippen LogP contribution is 2.38. The molecule has 0 unspecified atom stereocenters. The van der Waals surface area contributed by atoms with Gasteiger partial charge < -0.3 is 4.98 Å². The molecule has 1 N–H and O–H groups in total. The van der Waals surface area contributed by atoms with E-state index in [4.69, 9.17) is 12.2 Å². The molecule has 0 atom stereocenters. The number of H-pyrrole nitrogens is 1. The van der Waals surface area contributed by atoms with Crippen molar-refractivity contribution < 1.29 is 9.59 Å². The molecular weight excluding hydrogens is 328 g/mol. The molecule has 0 saturated carbocycles. The average molecular weight is 338 g/mol. The van der Waals surface area contributed by atoms with Crippen LogP contribution < -0.4 is 4.90 Å². The Hall–Kier alpha value is -2.57. The van der Waals surface area contributed by atoms with Crippen LogP contribution >= 0.6 is 23.6 Å². The molecule has 0 bridgehead atoms. The second-order valence-electron chi connectivity index (χ2n) is 5.05. The number of aromatic nitrogens is 1. The van der Waals surface area contributed by atoms with Gasteiger partial charge in [-0.15, -0.1) is 0 Å². The summed E-state index contributed by atoms with van der Waals surface area (Å²) >= 11 is 6.46. The molecule has 23 heavy (non-hydrogen) atoms. The fourth-order valence-corrected chi connectivity index (χ4v) is 3.85. The summed E-state index contributed by atoms with van der Waals surface area (Å²) in [5, 5.41) is 0.535. The van der Waals surface area contributed by atoms with Gasteiger partial charge in [-0.05, 0) is 24.4 Å². The van der Waals surface area contributed by atoms with Crippen LogP contribution in [0.4, 0.5) is 5.00 Å². The van der Waals surface area contributed by atoms with E-state index in [9.17, 15) is 9.59 Å². The summed E-state index contributed by atoms with van der Waals surface area (Å²) in [5.41, 5.74) is 2.42. The average Bonchev–Trinajstić information content (AvgIpc) is 3.07.